The average molecular weight is 357 g/mol. The normalized spacial score (nSPS) is 16.0. The van der Waals surface area contributed by atoms with Gasteiger partial charge in [-0.25, -0.2) is 8.42 Å². The number of ether oxygens (including phenoxy) is 1. The molecule has 1 heterocycles. The first-order chi connectivity index (χ1) is 11.5. The van der Waals surface area contributed by atoms with E-state index in [4.69, 9.17) is 4.74 Å². The number of non-ortho nitro benzene ring substituents is 1. The number of nitrogens with zero attached hydrogens (tertiary/aromatic N) is 2. The van der Waals surface area contributed by atoms with Crippen molar-refractivity contribution in [2.45, 2.75) is 31.1 Å². The van der Waals surface area contributed by atoms with Crippen LogP contribution >= 0.6 is 0 Å². The summed E-state index contributed by atoms with van der Waals surface area (Å²) in [6.07, 6.45) is 3.00. The Balaban J connectivity index is 2.32. The molecular weight excluding hydrogens is 334 g/mol. The smallest absolute Gasteiger partial charge is 0.270 e. The molecule has 1 saturated heterocycles. The number of nitro benzene ring substituents is 1. The van der Waals surface area contributed by atoms with Crippen LogP contribution in [0.1, 0.15) is 26.2 Å². The highest BCUT2D eigenvalue weighted by molar-refractivity contribution is 7.89. The van der Waals surface area contributed by atoms with Crippen LogP contribution in [0.2, 0.25) is 0 Å². The molecule has 8 nitrogen and oxygen atoms in total. The van der Waals surface area contributed by atoms with Crippen molar-refractivity contribution in [2.24, 2.45) is 0 Å². The van der Waals surface area contributed by atoms with Crippen LogP contribution in [0.4, 0.5) is 11.4 Å². The summed E-state index contributed by atoms with van der Waals surface area (Å²) in [5.41, 5.74) is 0.170. The van der Waals surface area contributed by atoms with Gasteiger partial charge in [0.2, 0.25) is 10.0 Å². The maximum Gasteiger partial charge on any atom is 0.270 e. The Morgan fingerprint density at radius 3 is 2.62 bits per heavy atom. The molecule has 0 amide bonds. The van der Waals surface area contributed by atoms with Crippen molar-refractivity contribution in [3.05, 3.63) is 28.3 Å². The molecule has 1 aliphatic heterocycles. The van der Waals surface area contributed by atoms with Gasteiger partial charge in [0.25, 0.3) is 5.69 Å². The van der Waals surface area contributed by atoms with E-state index in [2.05, 4.69) is 12.2 Å². The summed E-state index contributed by atoms with van der Waals surface area (Å²) in [7, 11) is -3.81. The highest BCUT2D eigenvalue weighted by Crippen LogP contribution is 2.29. The molecule has 0 radical (unpaired) electrons. The number of benzene rings is 1. The molecular formula is C15H23N3O5S. The van der Waals surface area contributed by atoms with E-state index >= 15 is 0 Å². The van der Waals surface area contributed by atoms with Crippen molar-refractivity contribution in [3.8, 4) is 0 Å². The van der Waals surface area contributed by atoms with Crippen LogP contribution < -0.4 is 5.32 Å². The summed E-state index contributed by atoms with van der Waals surface area (Å²) >= 11 is 0. The summed E-state index contributed by atoms with van der Waals surface area (Å²) < 4.78 is 32.3. The molecule has 0 aliphatic carbocycles. The predicted octanol–water partition coefficient (Wildman–Crippen LogP) is 2.22. The summed E-state index contributed by atoms with van der Waals surface area (Å²) in [6, 6.07) is 3.92. The lowest BCUT2D eigenvalue weighted by Gasteiger charge is -2.27. The summed E-state index contributed by atoms with van der Waals surface area (Å²) in [4.78, 5) is 10.4. The van der Waals surface area contributed by atoms with Gasteiger partial charge in [-0.3, -0.25) is 10.1 Å². The predicted molar refractivity (Wildman–Crippen MR) is 90.7 cm³/mol. The van der Waals surface area contributed by atoms with Crippen molar-refractivity contribution >= 4 is 21.4 Å². The molecule has 24 heavy (non-hydrogen) atoms. The molecule has 0 atom stereocenters. The zero-order valence-corrected chi connectivity index (χ0v) is 14.5. The highest BCUT2D eigenvalue weighted by Gasteiger charge is 2.30. The van der Waals surface area contributed by atoms with Gasteiger partial charge in [-0.15, -0.1) is 0 Å². The van der Waals surface area contributed by atoms with Crippen molar-refractivity contribution in [2.75, 3.05) is 38.2 Å². The largest absolute Gasteiger partial charge is 0.384 e. The van der Waals surface area contributed by atoms with E-state index in [1.165, 1.54) is 16.4 Å². The third-order valence-electron chi connectivity index (χ3n) is 3.86. The summed E-state index contributed by atoms with van der Waals surface area (Å²) in [6.45, 7) is 3.86. The number of morpholine rings is 1. The van der Waals surface area contributed by atoms with Crippen LogP contribution in [0.3, 0.4) is 0 Å². The van der Waals surface area contributed by atoms with E-state index in [1.54, 1.807) is 0 Å². The van der Waals surface area contributed by atoms with Crippen LogP contribution in [-0.4, -0.2) is 50.5 Å². The number of unbranched alkanes of at least 4 members (excludes halogenated alkanes) is 2. The lowest BCUT2D eigenvalue weighted by molar-refractivity contribution is -0.385. The van der Waals surface area contributed by atoms with Crippen molar-refractivity contribution in [3.63, 3.8) is 0 Å². The van der Waals surface area contributed by atoms with Gasteiger partial charge in [0.1, 0.15) is 4.90 Å². The second-order valence-electron chi connectivity index (χ2n) is 5.59. The third kappa shape index (κ3) is 4.43. The van der Waals surface area contributed by atoms with Crippen molar-refractivity contribution < 1.29 is 18.1 Å². The molecule has 134 valence electrons. The zero-order valence-electron chi connectivity index (χ0n) is 13.7. The van der Waals surface area contributed by atoms with E-state index in [9.17, 15) is 18.5 Å². The Kier molecular flexibility index (Phi) is 6.52. The van der Waals surface area contributed by atoms with Crippen LogP contribution in [0.15, 0.2) is 23.1 Å². The molecule has 1 fully saturated rings. The molecule has 0 unspecified atom stereocenters. The number of nitrogens with one attached hydrogen (secondary N) is 1. The fourth-order valence-electron chi connectivity index (χ4n) is 2.51. The standard InChI is InChI=1S/C15H23N3O5S/c1-2-3-4-7-16-14-6-5-13(18(19)20)12-15(14)24(21,22)17-8-10-23-11-9-17/h5-6,12,16H,2-4,7-11H2,1H3. The van der Waals surface area contributed by atoms with E-state index < -0.39 is 14.9 Å². The summed E-state index contributed by atoms with van der Waals surface area (Å²) in [5.74, 6) is 0. The lowest BCUT2D eigenvalue weighted by Crippen LogP contribution is -2.40. The molecule has 0 spiro atoms. The molecule has 9 heteroatoms. The Morgan fingerprint density at radius 1 is 1.29 bits per heavy atom. The van der Waals surface area contributed by atoms with Gasteiger partial charge in [0, 0.05) is 31.8 Å². The molecule has 0 bridgehead atoms. The van der Waals surface area contributed by atoms with Crippen LogP contribution in [-0.2, 0) is 14.8 Å². The van der Waals surface area contributed by atoms with Crippen LogP contribution in [0, 0.1) is 10.1 Å². The monoisotopic (exact) mass is 357 g/mol. The number of hydrogen-bond acceptors (Lipinski definition) is 6. The molecule has 1 N–H and O–H groups in total. The number of anilines is 1. The number of rotatable bonds is 8. The van der Waals surface area contributed by atoms with Gasteiger partial charge in [-0.2, -0.15) is 4.31 Å². The summed E-state index contributed by atoms with van der Waals surface area (Å²) in [5, 5.41) is 14.1. The van der Waals surface area contributed by atoms with Gasteiger partial charge in [0.05, 0.1) is 23.8 Å². The van der Waals surface area contributed by atoms with E-state index in [-0.39, 0.29) is 23.7 Å². The van der Waals surface area contributed by atoms with Gasteiger partial charge in [-0.1, -0.05) is 19.8 Å². The fraction of sp³-hybridized carbons (Fsp3) is 0.600. The number of sulfonamides is 1. The van der Waals surface area contributed by atoms with E-state index in [0.717, 1.165) is 25.3 Å². The minimum absolute atomic E-state index is 0.0462. The number of hydrogen-bond donors (Lipinski definition) is 1. The second kappa shape index (κ2) is 8.41. The third-order valence-corrected chi connectivity index (χ3v) is 5.80. The van der Waals surface area contributed by atoms with Gasteiger partial charge in [-0.05, 0) is 12.5 Å². The quantitative estimate of drug-likeness (QED) is 0.435. The van der Waals surface area contributed by atoms with Crippen molar-refractivity contribution in [1.29, 1.82) is 0 Å². The average Bonchev–Trinajstić information content (AvgIpc) is 2.59. The zero-order chi connectivity index (χ0) is 17.6. The minimum atomic E-state index is -3.81. The van der Waals surface area contributed by atoms with Gasteiger partial charge >= 0.3 is 0 Å². The highest BCUT2D eigenvalue weighted by atomic mass is 32.2. The number of nitro groups is 1. The van der Waals surface area contributed by atoms with Crippen LogP contribution in [0.25, 0.3) is 0 Å². The SMILES string of the molecule is CCCCCNc1ccc([N+](=O)[O-])cc1S(=O)(=O)N1CCOCC1. The molecule has 0 aromatic heterocycles. The Hall–Kier alpha value is -1.71. The van der Waals surface area contributed by atoms with E-state index in [0.29, 0.717) is 25.4 Å². The maximum absolute atomic E-state index is 12.9. The Labute approximate surface area is 142 Å². The molecule has 1 aromatic rings. The first-order valence-corrected chi connectivity index (χ1v) is 9.51. The topological polar surface area (TPSA) is 102 Å². The van der Waals surface area contributed by atoms with Crippen LogP contribution in [0.5, 0.6) is 0 Å². The maximum atomic E-state index is 12.9. The van der Waals surface area contributed by atoms with Gasteiger partial charge in [0.15, 0.2) is 0 Å². The lowest BCUT2D eigenvalue weighted by atomic mass is 10.2. The van der Waals surface area contributed by atoms with Crippen molar-refractivity contribution in [1.82, 2.24) is 4.31 Å². The van der Waals surface area contributed by atoms with E-state index in [1.807, 2.05) is 0 Å². The first kappa shape index (κ1) is 18.6. The second-order valence-corrected chi connectivity index (χ2v) is 7.49. The Bertz CT molecular complexity index is 672. The first-order valence-electron chi connectivity index (χ1n) is 8.07. The van der Waals surface area contributed by atoms with Gasteiger partial charge < -0.3 is 10.1 Å². The fourth-order valence-corrected chi connectivity index (χ4v) is 4.10. The molecule has 1 aliphatic rings. The Morgan fingerprint density at radius 2 is 2.00 bits per heavy atom. The molecule has 2 rings (SSSR count). The molecule has 0 saturated carbocycles. The molecule has 1 aromatic carbocycles. The minimum Gasteiger partial charge on any atom is -0.384 e.